The standard InChI is InChI=1S/C18H22N2O/c1-21-17-7-4-14(5-8-17)10-12-20-11-2-3-15-13-16(19)6-9-18(15)20/h4-9,13H,2-3,10-12,19H2,1H3. The lowest BCUT2D eigenvalue weighted by Gasteiger charge is -2.31. The molecule has 0 atom stereocenters. The normalized spacial score (nSPS) is 13.9. The molecule has 0 aliphatic carbocycles. The minimum Gasteiger partial charge on any atom is -0.497 e. The first kappa shape index (κ1) is 13.8. The second-order valence-electron chi connectivity index (χ2n) is 5.58. The van der Waals surface area contributed by atoms with E-state index >= 15 is 0 Å². The number of aryl methyl sites for hydroxylation is 1. The van der Waals surface area contributed by atoms with Gasteiger partial charge < -0.3 is 15.4 Å². The van der Waals surface area contributed by atoms with E-state index in [-0.39, 0.29) is 0 Å². The van der Waals surface area contributed by atoms with Crippen molar-refractivity contribution in [3.8, 4) is 5.75 Å². The van der Waals surface area contributed by atoms with Gasteiger partial charge in [-0.15, -0.1) is 0 Å². The SMILES string of the molecule is COc1ccc(CCN2CCCc3cc(N)ccc32)cc1. The zero-order valence-corrected chi connectivity index (χ0v) is 12.5. The molecule has 0 aromatic heterocycles. The molecule has 0 spiro atoms. The Kier molecular flexibility index (Phi) is 4.00. The first-order valence-electron chi connectivity index (χ1n) is 7.52. The number of benzene rings is 2. The number of fused-ring (bicyclic) bond motifs is 1. The predicted molar refractivity (Wildman–Crippen MR) is 88.1 cm³/mol. The maximum Gasteiger partial charge on any atom is 0.118 e. The van der Waals surface area contributed by atoms with Crippen LogP contribution in [0.3, 0.4) is 0 Å². The zero-order valence-electron chi connectivity index (χ0n) is 12.5. The fraction of sp³-hybridized carbons (Fsp3) is 0.333. The average Bonchev–Trinajstić information content (AvgIpc) is 2.53. The van der Waals surface area contributed by atoms with E-state index in [4.69, 9.17) is 10.5 Å². The Morgan fingerprint density at radius 2 is 1.95 bits per heavy atom. The number of hydrogen-bond acceptors (Lipinski definition) is 3. The number of nitrogens with two attached hydrogens (primary N) is 1. The molecular formula is C18H22N2O. The number of hydrogen-bond donors (Lipinski definition) is 1. The number of rotatable bonds is 4. The van der Waals surface area contributed by atoms with Crippen LogP contribution in [0.5, 0.6) is 5.75 Å². The first-order chi connectivity index (χ1) is 10.3. The van der Waals surface area contributed by atoms with Crippen molar-refractivity contribution in [2.24, 2.45) is 0 Å². The molecule has 110 valence electrons. The van der Waals surface area contributed by atoms with Crippen molar-refractivity contribution in [1.82, 2.24) is 0 Å². The minimum absolute atomic E-state index is 0.866. The Morgan fingerprint density at radius 3 is 2.71 bits per heavy atom. The highest BCUT2D eigenvalue weighted by Crippen LogP contribution is 2.29. The largest absolute Gasteiger partial charge is 0.497 e. The quantitative estimate of drug-likeness (QED) is 0.875. The van der Waals surface area contributed by atoms with Crippen molar-refractivity contribution in [2.75, 3.05) is 30.8 Å². The van der Waals surface area contributed by atoms with Gasteiger partial charge in [0.25, 0.3) is 0 Å². The molecule has 0 saturated carbocycles. The average molecular weight is 282 g/mol. The predicted octanol–water partition coefficient (Wildman–Crippen LogP) is 3.27. The highest BCUT2D eigenvalue weighted by atomic mass is 16.5. The molecule has 1 aliphatic heterocycles. The molecule has 0 fully saturated rings. The smallest absolute Gasteiger partial charge is 0.118 e. The van der Waals surface area contributed by atoms with Gasteiger partial charge in [-0.1, -0.05) is 12.1 Å². The van der Waals surface area contributed by atoms with Crippen molar-refractivity contribution < 1.29 is 4.74 Å². The summed E-state index contributed by atoms with van der Waals surface area (Å²) in [4.78, 5) is 2.47. The van der Waals surface area contributed by atoms with Gasteiger partial charge in [-0.05, 0) is 60.7 Å². The number of anilines is 2. The Morgan fingerprint density at radius 1 is 1.14 bits per heavy atom. The fourth-order valence-corrected chi connectivity index (χ4v) is 2.98. The van der Waals surface area contributed by atoms with E-state index in [1.54, 1.807) is 7.11 Å². The number of methoxy groups -OCH3 is 1. The molecule has 2 N–H and O–H groups in total. The van der Waals surface area contributed by atoms with Crippen molar-refractivity contribution >= 4 is 11.4 Å². The van der Waals surface area contributed by atoms with Gasteiger partial charge in [0.2, 0.25) is 0 Å². The molecule has 0 bridgehead atoms. The van der Waals surface area contributed by atoms with Crippen LogP contribution >= 0.6 is 0 Å². The van der Waals surface area contributed by atoms with E-state index in [0.29, 0.717) is 0 Å². The lowest BCUT2D eigenvalue weighted by molar-refractivity contribution is 0.414. The summed E-state index contributed by atoms with van der Waals surface area (Å²) < 4.78 is 5.20. The highest BCUT2D eigenvalue weighted by molar-refractivity contribution is 5.61. The Hall–Kier alpha value is -2.16. The summed E-state index contributed by atoms with van der Waals surface area (Å²) in [5.74, 6) is 0.914. The summed E-state index contributed by atoms with van der Waals surface area (Å²) in [6, 6.07) is 14.6. The van der Waals surface area contributed by atoms with E-state index < -0.39 is 0 Å². The Balaban J connectivity index is 1.68. The summed E-state index contributed by atoms with van der Waals surface area (Å²) in [5, 5.41) is 0. The van der Waals surface area contributed by atoms with Crippen LogP contribution in [-0.4, -0.2) is 20.2 Å². The minimum atomic E-state index is 0.866. The van der Waals surface area contributed by atoms with Gasteiger partial charge >= 0.3 is 0 Å². The van der Waals surface area contributed by atoms with Crippen molar-refractivity contribution in [1.29, 1.82) is 0 Å². The van der Waals surface area contributed by atoms with Crippen LogP contribution < -0.4 is 15.4 Å². The Labute approximate surface area is 126 Å². The van der Waals surface area contributed by atoms with Crippen molar-refractivity contribution in [3.63, 3.8) is 0 Å². The van der Waals surface area contributed by atoms with E-state index in [2.05, 4.69) is 29.2 Å². The van der Waals surface area contributed by atoms with Gasteiger partial charge in [-0.3, -0.25) is 0 Å². The molecule has 2 aromatic rings. The van der Waals surface area contributed by atoms with Gasteiger partial charge in [0.05, 0.1) is 7.11 Å². The molecular weight excluding hydrogens is 260 g/mol. The molecule has 0 unspecified atom stereocenters. The number of nitrogens with zero attached hydrogens (tertiary/aromatic N) is 1. The fourth-order valence-electron chi connectivity index (χ4n) is 2.98. The highest BCUT2D eigenvalue weighted by Gasteiger charge is 2.16. The van der Waals surface area contributed by atoms with Crippen LogP contribution in [-0.2, 0) is 12.8 Å². The third kappa shape index (κ3) is 3.13. The third-order valence-electron chi connectivity index (χ3n) is 4.15. The van der Waals surface area contributed by atoms with Gasteiger partial charge in [0.15, 0.2) is 0 Å². The van der Waals surface area contributed by atoms with Crippen molar-refractivity contribution in [2.45, 2.75) is 19.3 Å². The summed E-state index contributed by atoms with van der Waals surface area (Å²) in [6.45, 7) is 2.18. The van der Waals surface area contributed by atoms with Crippen LogP contribution in [0.15, 0.2) is 42.5 Å². The van der Waals surface area contributed by atoms with Crippen LogP contribution in [0.25, 0.3) is 0 Å². The van der Waals surface area contributed by atoms with Crippen LogP contribution in [0.1, 0.15) is 17.5 Å². The third-order valence-corrected chi connectivity index (χ3v) is 4.15. The summed E-state index contributed by atoms with van der Waals surface area (Å²) in [5.41, 5.74) is 10.8. The Bertz CT molecular complexity index is 607. The molecule has 3 nitrogen and oxygen atoms in total. The van der Waals surface area contributed by atoms with Crippen molar-refractivity contribution in [3.05, 3.63) is 53.6 Å². The second kappa shape index (κ2) is 6.08. The van der Waals surface area contributed by atoms with E-state index in [0.717, 1.165) is 37.4 Å². The summed E-state index contributed by atoms with van der Waals surface area (Å²) in [7, 11) is 1.70. The van der Waals surface area contributed by atoms with E-state index in [9.17, 15) is 0 Å². The monoisotopic (exact) mass is 282 g/mol. The van der Waals surface area contributed by atoms with E-state index in [1.807, 2.05) is 18.2 Å². The van der Waals surface area contributed by atoms with E-state index in [1.165, 1.54) is 23.2 Å². The summed E-state index contributed by atoms with van der Waals surface area (Å²) >= 11 is 0. The molecule has 2 aromatic carbocycles. The second-order valence-corrected chi connectivity index (χ2v) is 5.58. The van der Waals surface area contributed by atoms with Crippen LogP contribution in [0.2, 0.25) is 0 Å². The molecule has 0 radical (unpaired) electrons. The maximum atomic E-state index is 5.89. The lowest BCUT2D eigenvalue weighted by atomic mass is 10.0. The van der Waals surface area contributed by atoms with Crippen LogP contribution in [0, 0.1) is 0 Å². The van der Waals surface area contributed by atoms with Gasteiger partial charge in [-0.25, -0.2) is 0 Å². The molecule has 0 saturated heterocycles. The van der Waals surface area contributed by atoms with Gasteiger partial charge in [0, 0.05) is 24.5 Å². The van der Waals surface area contributed by atoms with Gasteiger partial charge in [0.1, 0.15) is 5.75 Å². The number of ether oxygens (including phenoxy) is 1. The van der Waals surface area contributed by atoms with Crippen LogP contribution in [0.4, 0.5) is 11.4 Å². The summed E-state index contributed by atoms with van der Waals surface area (Å²) in [6.07, 6.45) is 3.40. The zero-order chi connectivity index (χ0) is 14.7. The topological polar surface area (TPSA) is 38.5 Å². The molecule has 21 heavy (non-hydrogen) atoms. The molecule has 1 aliphatic rings. The number of nitrogen functional groups attached to an aromatic ring is 1. The molecule has 3 rings (SSSR count). The maximum absolute atomic E-state index is 5.89. The van der Waals surface area contributed by atoms with Gasteiger partial charge in [-0.2, -0.15) is 0 Å². The molecule has 1 heterocycles. The molecule has 0 amide bonds. The molecule has 3 heteroatoms. The first-order valence-corrected chi connectivity index (χ1v) is 7.52. The lowest BCUT2D eigenvalue weighted by Crippen LogP contribution is -2.31.